The zero-order valence-corrected chi connectivity index (χ0v) is 9.06. The average molecular weight is 188 g/mol. The van der Waals surface area contributed by atoms with Gasteiger partial charge in [-0.2, -0.15) is 12.6 Å². The van der Waals surface area contributed by atoms with Crippen molar-refractivity contribution in [3.05, 3.63) is 0 Å². The van der Waals surface area contributed by atoms with Crippen molar-refractivity contribution in [3.8, 4) is 0 Å². The molecule has 1 rings (SSSR count). The van der Waals surface area contributed by atoms with Gasteiger partial charge >= 0.3 is 0 Å². The van der Waals surface area contributed by atoms with Crippen molar-refractivity contribution in [2.75, 3.05) is 38.6 Å². The van der Waals surface area contributed by atoms with Crippen LogP contribution in [0.1, 0.15) is 13.8 Å². The summed E-state index contributed by atoms with van der Waals surface area (Å²) in [5, 5.41) is 0. The molecular formula is C9H20N2S. The molecule has 72 valence electrons. The molecule has 0 bridgehead atoms. The van der Waals surface area contributed by atoms with Gasteiger partial charge in [0, 0.05) is 38.6 Å². The molecule has 1 aliphatic rings. The quantitative estimate of drug-likeness (QED) is 0.664. The van der Waals surface area contributed by atoms with Crippen molar-refractivity contribution >= 4 is 12.6 Å². The van der Waals surface area contributed by atoms with Gasteiger partial charge in [-0.1, -0.05) is 13.8 Å². The van der Waals surface area contributed by atoms with Crippen LogP contribution in [0.5, 0.6) is 0 Å². The summed E-state index contributed by atoms with van der Waals surface area (Å²) < 4.78 is 0. The van der Waals surface area contributed by atoms with Gasteiger partial charge in [0.1, 0.15) is 0 Å². The van der Waals surface area contributed by atoms with Crippen LogP contribution in [0.15, 0.2) is 0 Å². The molecule has 1 fully saturated rings. The second-order valence-corrected chi connectivity index (χ2v) is 4.24. The lowest BCUT2D eigenvalue weighted by Gasteiger charge is -2.34. The minimum absolute atomic E-state index is 0.799. The molecule has 1 aliphatic heterocycles. The lowest BCUT2D eigenvalue weighted by Crippen LogP contribution is -2.46. The van der Waals surface area contributed by atoms with Gasteiger partial charge in [-0.25, -0.2) is 0 Å². The molecule has 0 atom stereocenters. The first kappa shape index (κ1) is 10.4. The largest absolute Gasteiger partial charge is 0.301 e. The van der Waals surface area contributed by atoms with E-state index in [1.807, 2.05) is 0 Å². The van der Waals surface area contributed by atoms with Crippen LogP contribution < -0.4 is 0 Å². The molecule has 0 unspecified atom stereocenters. The Morgan fingerprint density at radius 3 is 2.00 bits per heavy atom. The first-order chi connectivity index (χ1) is 5.72. The van der Waals surface area contributed by atoms with Gasteiger partial charge in [0.2, 0.25) is 0 Å². The lowest BCUT2D eigenvalue weighted by molar-refractivity contribution is 0.137. The number of rotatable bonds is 3. The van der Waals surface area contributed by atoms with E-state index in [0.717, 1.165) is 11.8 Å². The number of nitrogens with zero attached hydrogens (tertiary/aromatic N) is 2. The number of hydrogen-bond acceptors (Lipinski definition) is 3. The standard InChI is InChI=1S/C9H20N2S/c1-9(2)7-10-3-5-11(8-12)6-4-10/h9,12H,3-8H2,1-2H3. The molecule has 0 aromatic rings. The van der Waals surface area contributed by atoms with E-state index in [-0.39, 0.29) is 0 Å². The minimum atomic E-state index is 0.799. The molecule has 3 heteroatoms. The fourth-order valence-electron chi connectivity index (χ4n) is 1.63. The zero-order chi connectivity index (χ0) is 8.97. The normalized spacial score (nSPS) is 22.0. The SMILES string of the molecule is CC(C)CN1CCN(CS)CC1. The Hall–Kier alpha value is 0.270. The van der Waals surface area contributed by atoms with Crippen molar-refractivity contribution in [3.63, 3.8) is 0 Å². The Balaban J connectivity index is 2.17. The molecule has 0 N–H and O–H groups in total. The summed E-state index contributed by atoms with van der Waals surface area (Å²) in [6, 6.07) is 0. The predicted molar refractivity (Wildman–Crippen MR) is 56.7 cm³/mol. The topological polar surface area (TPSA) is 6.48 Å². The van der Waals surface area contributed by atoms with Gasteiger partial charge in [0.15, 0.2) is 0 Å². The molecule has 1 heterocycles. The maximum Gasteiger partial charge on any atom is 0.0415 e. The van der Waals surface area contributed by atoms with Crippen LogP contribution in [-0.2, 0) is 0 Å². The highest BCUT2D eigenvalue weighted by molar-refractivity contribution is 7.80. The van der Waals surface area contributed by atoms with Crippen molar-refractivity contribution in [2.45, 2.75) is 13.8 Å². The Bertz CT molecular complexity index is 120. The van der Waals surface area contributed by atoms with Gasteiger partial charge in [-0.15, -0.1) is 0 Å². The smallest absolute Gasteiger partial charge is 0.0415 e. The molecule has 0 aliphatic carbocycles. The fourth-order valence-corrected chi connectivity index (χ4v) is 1.91. The second kappa shape index (κ2) is 5.10. The number of piperazine rings is 1. The van der Waals surface area contributed by atoms with E-state index in [4.69, 9.17) is 0 Å². The van der Waals surface area contributed by atoms with E-state index in [9.17, 15) is 0 Å². The highest BCUT2D eigenvalue weighted by atomic mass is 32.1. The van der Waals surface area contributed by atoms with Gasteiger partial charge in [-0.3, -0.25) is 4.90 Å². The van der Waals surface area contributed by atoms with E-state index in [2.05, 4.69) is 36.3 Å². The van der Waals surface area contributed by atoms with Gasteiger partial charge in [0.25, 0.3) is 0 Å². The molecule has 0 aromatic heterocycles. The Morgan fingerprint density at radius 1 is 1.08 bits per heavy atom. The molecular weight excluding hydrogens is 168 g/mol. The highest BCUT2D eigenvalue weighted by Gasteiger charge is 2.15. The number of thiol groups is 1. The third-order valence-corrected chi connectivity index (χ3v) is 2.69. The highest BCUT2D eigenvalue weighted by Crippen LogP contribution is 2.05. The molecule has 0 radical (unpaired) electrons. The zero-order valence-electron chi connectivity index (χ0n) is 8.16. The first-order valence-electron chi connectivity index (χ1n) is 4.78. The summed E-state index contributed by atoms with van der Waals surface area (Å²) >= 11 is 4.27. The molecule has 0 amide bonds. The van der Waals surface area contributed by atoms with Crippen LogP contribution in [0.3, 0.4) is 0 Å². The van der Waals surface area contributed by atoms with E-state index in [1.165, 1.54) is 32.7 Å². The molecule has 0 saturated carbocycles. The van der Waals surface area contributed by atoms with Crippen molar-refractivity contribution in [1.82, 2.24) is 9.80 Å². The minimum Gasteiger partial charge on any atom is -0.301 e. The van der Waals surface area contributed by atoms with Crippen molar-refractivity contribution < 1.29 is 0 Å². The molecule has 0 spiro atoms. The first-order valence-corrected chi connectivity index (χ1v) is 5.41. The molecule has 1 saturated heterocycles. The third-order valence-electron chi connectivity index (χ3n) is 2.29. The second-order valence-electron chi connectivity index (χ2n) is 3.95. The lowest BCUT2D eigenvalue weighted by atomic mass is 10.2. The van der Waals surface area contributed by atoms with Crippen LogP contribution in [0.25, 0.3) is 0 Å². The van der Waals surface area contributed by atoms with E-state index < -0.39 is 0 Å². The van der Waals surface area contributed by atoms with Crippen LogP contribution >= 0.6 is 12.6 Å². The maximum atomic E-state index is 4.27. The molecule has 12 heavy (non-hydrogen) atoms. The van der Waals surface area contributed by atoms with Crippen molar-refractivity contribution in [1.29, 1.82) is 0 Å². The summed E-state index contributed by atoms with van der Waals surface area (Å²) in [5.74, 6) is 1.71. The summed E-state index contributed by atoms with van der Waals surface area (Å²) in [6.45, 7) is 10.6. The van der Waals surface area contributed by atoms with Gasteiger partial charge < -0.3 is 4.90 Å². The van der Waals surface area contributed by atoms with Gasteiger partial charge in [0.05, 0.1) is 0 Å². The van der Waals surface area contributed by atoms with Crippen LogP contribution in [-0.4, -0.2) is 48.4 Å². The molecule has 0 aromatic carbocycles. The average Bonchev–Trinajstić information content (AvgIpc) is 2.05. The third kappa shape index (κ3) is 3.33. The summed E-state index contributed by atoms with van der Waals surface area (Å²) in [7, 11) is 0. The summed E-state index contributed by atoms with van der Waals surface area (Å²) in [5.41, 5.74) is 0. The Morgan fingerprint density at radius 2 is 1.58 bits per heavy atom. The van der Waals surface area contributed by atoms with E-state index >= 15 is 0 Å². The van der Waals surface area contributed by atoms with Crippen LogP contribution in [0.4, 0.5) is 0 Å². The predicted octanol–water partition coefficient (Wildman–Crippen LogP) is 1.15. The monoisotopic (exact) mass is 188 g/mol. The Kier molecular flexibility index (Phi) is 4.40. The van der Waals surface area contributed by atoms with Gasteiger partial charge in [-0.05, 0) is 5.92 Å². The van der Waals surface area contributed by atoms with Crippen molar-refractivity contribution in [2.24, 2.45) is 5.92 Å². The van der Waals surface area contributed by atoms with Crippen LogP contribution in [0.2, 0.25) is 0 Å². The maximum absolute atomic E-state index is 4.27. The van der Waals surface area contributed by atoms with E-state index in [1.54, 1.807) is 0 Å². The number of hydrogen-bond donors (Lipinski definition) is 1. The molecule has 2 nitrogen and oxygen atoms in total. The summed E-state index contributed by atoms with van der Waals surface area (Å²) in [6.07, 6.45) is 0. The van der Waals surface area contributed by atoms with Crippen LogP contribution in [0, 0.1) is 5.92 Å². The van der Waals surface area contributed by atoms with E-state index in [0.29, 0.717) is 0 Å². The fraction of sp³-hybridized carbons (Fsp3) is 1.00. The summed E-state index contributed by atoms with van der Waals surface area (Å²) in [4.78, 5) is 4.94. The Labute approximate surface area is 81.3 Å².